The van der Waals surface area contributed by atoms with E-state index in [1.54, 1.807) is 25.3 Å². The van der Waals surface area contributed by atoms with Crippen molar-refractivity contribution in [2.24, 2.45) is 0 Å². The lowest BCUT2D eigenvalue weighted by molar-refractivity contribution is -0.384. The number of hydrogen-bond acceptors (Lipinski definition) is 5. The molecule has 3 aromatic rings. The maximum atomic E-state index is 10.8. The molecule has 0 aromatic heterocycles. The van der Waals surface area contributed by atoms with Crippen molar-refractivity contribution in [2.45, 2.75) is 6.61 Å². The second-order valence-corrected chi connectivity index (χ2v) is 7.44. The first-order chi connectivity index (χ1) is 14.5. The topological polar surface area (TPSA) is 85.4 Å². The van der Waals surface area contributed by atoms with Gasteiger partial charge in [0.15, 0.2) is 11.5 Å². The number of rotatable bonds is 7. The highest BCUT2D eigenvalue weighted by molar-refractivity contribution is 14.1. The summed E-state index contributed by atoms with van der Waals surface area (Å²) in [5.74, 6) is 1.12. The van der Waals surface area contributed by atoms with Crippen molar-refractivity contribution in [3.05, 3.63) is 97.1 Å². The average Bonchev–Trinajstić information content (AvgIpc) is 2.77. The van der Waals surface area contributed by atoms with E-state index >= 15 is 0 Å². The Kier molecular flexibility index (Phi) is 7.03. The Balaban J connectivity index is 1.84. The number of methoxy groups -OCH3 is 1. The van der Waals surface area contributed by atoms with Crippen LogP contribution in [0.1, 0.15) is 16.7 Å². The Hall–Kier alpha value is -3.38. The molecule has 0 N–H and O–H groups in total. The summed E-state index contributed by atoms with van der Waals surface area (Å²) in [5, 5.41) is 20.3. The van der Waals surface area contributed by atoms with Crippen LogP contribution >= 0.6 is 22.6 Å². The zero-order valence-electron chi connectivity index (χ0n) is 16.0. The molecule has 0 amide bonds. The maximum Gasteiger partial charge on any atom is 0.269 e. The van der Waals surface area contributed by atoms with Crippen LogP contribution in [0.4, 0.5) is 5.69 Å². The van der Waals surface area contributed by atoms with Gasteiger partial charge >= 0.3 is 0 Å². The minimum atomic E-state index is -0.437. The first-order valence-corrected chi connectivity index (χ1v) is 10.0. The number of nitrogens with zero attached hydrogens (tertiary/aromatic N) is 2. The number of nitro benzene ring substituents is 1. The molecular weight excluding hydrogens is 495 g/mol. The monoisotopic (exact) mass is 512 g/mol. The quantitative estimate of drug-likeness (QED) is 0.130. The molecule has 0 saturated carbocycles. The molecule has 6 nitrogen and oxygen atoms in total. The summed E-state index contributed by atoms with van der Waals surface area (Å²) in [4.78, 5) is 10.3. The van der Waals surface area contributed by atoms with Gasteiger partial charge < -0.3 is 9.47 Å². The second kappa shape index (κ2) is 9.89. The first-order valence-electron chi connectivity index (χ1n) is 8.92. The van der Waals surface area contributed by atoms with Crippen molar-refractivity contribution in [3.63, 3.8) is 0 Å². The third kappa shape index (κ3) is 5.15. The van der Waals surface area contributed by atoms with E-state index in [9.17, 15) is 15.4 Å². The predicted octanol–water partition coefficient (Wildman–Crippen LogP) is 5.85. The number of nitriles is 1. The van der Waals surface area contributed by atoms with Gasteiger partial charge in [-0.2, -0.15) is 5.26 Å². The van der Waals surface area contributed by atoms with E-state index in [0.29, 0.717) is 17.1 Å². The maximum absolute atomic E-state index is 10.8. The molecule has 150 valence electrons. The van der Waals surface area contributed by atoms with Crippen molar-refractivity contribution < 1.29 is 14.4 Å². The third-order valence-electron chi connectivity index (χ3n) is 4.30. The summed E-state index contributed by atoms with van der Waals surface area (Å²) in [7, 11) is 1.56. The van der Waals surface area contributed by atoms with Crippen LogP contribution in [0.25, 0.3) is 11.6 Å². The first kappa shape index (κ1) is 21.3. The van der Waals surface area contributed by atoms with Gasteiger partial charge in [-0.15, -0.1) is 0 Å². The summed E-state index contributed by atoms with van der Waals surface area (Å²) in [6.45, 7) is 0.243. The van der Waals surface area contributed by atoms with Crippen molar-refractivity contribution >= 4 is 39.9 Å². The average molecular weight is 512 g/mol. The number of ether oxygens (including phenoxy) is 2. The van der Waals surface area contributed by atoms with Crippen molar-refractivity contribution in [2.75, 3.05) is 7.11 Å². The summed E-state index contributed by atoms with van der Waals surface area (Å²) < 4.78 is 12.2. The molecule has 0 saturated heterocycles. The predicted molar refractivity (Wildman–Crippen MR) is 123 cm³/mol. The van der Waals surface area contributed by atoms with Gasteiger partial charge in [-0.05, 0) is 69.6 Å². The molecule has 0 aliphatic heterocycles. The van der Waals surface area contributed by atoms with Crippen LogP contribution in [-0.2, 0) is 6.61 Å². The van der Waals surface area contributed by atoms with E-state index in [1.165, 1.54) is 12.1 Å². The fraction of sp³-hybridized carbons (Fsp3) is 0.0870. The van der Waals surface area contributed by atoms with Gasteiger partial charge in [0.1, 0.15) is 6.61 Å². The number of non-ortho nitro benzene ring substituents is 1. The molecule has 0 heterocycles. The normalized spacial score (nSPS) is 10.9. The van der Waals surface area contributed by atoms with E-state index in [2.05, 4.69) is 28.7 Å². The lowest BCUT2D eigenvalue weighted by Gasteiger charge is -2.14. The molecular formula is C23H17IN2O4. The van der Waals surface area contributed by atoms with E-state index in [-0.39, 0.29) is 12.3 Å². The van der Waals surface area contributed by atoms with Gasteiger partial charge in [0.05, 0.1) is 27.2 Å². The highest BCUT2D eigenvalue weighted by Crippen LogP contribution is 2.35. The Morgan fingerprint density at radius 3 is 2.47 bits per heavy atom. The zero-order valence-corrected chi connectivity index (χ0v) is 18.2. The fourth-order valence-electron chi connectivity index (χ4n) is 2.80. The largest absolute Gasteiger partial charge is 0.493 e. The van der Waals surface area contributed by atoms with Crippen molar-refractivity contribution in [1.29, 1.82) is 5.26 Å². The number of benzene rings is 3. The molecule has 0 aliphatic carbocycles. The molecule has 3 aromatic carbocycles. The molecule has 0 spiro atoms. The van der Waals surface area contributed by atoms with Crippen LogP contribution in [0.15, 0.2) is 66.7 Å². The van der Waals surface area contributed by atoms with Gasteiger partial charge in [0, 0.05) is 12.1 Å². The van der Waals surface area contributed by atoms with Crippen LogP contribution < -0.4 is 9.47 Å². The van der Waals surface area contributed by atoms with Crippen molar-refractivity contribution in [1.82, 2.24) is 0 Å². The van der Waals surface area contributed by atoms with E-state index in [4.69, 9.17) is 9.47 Å². The second-order valence-electron chi connectivity index (χ2n) is 6.28. The summed E-state index contributed by atoms with van der Waals surface area (Å²) in [6.07, 6.45) is 1.81. The van der Waals surface area contributed by atoms with Gasteiger partial charge in [-0.25, -0.2) is 0 Å². The lowest BCUT2D eigenvalue weighted by Crippen LogP contribution is -2.00. The zero-order chi connectivity index (χ0) is 21.5. The summed E-state index contributed by atoms with van der Waals surface area (Å²) in [6, 6.07) is 21.6. The van der Waals surface area contributed by atoms with Crippen LogP contribution in [-0.4, -0.2) is 12.0 Å². The van der Waals surface area contributed by atoms with E-state index in [0.717, 1.165) is 20.3 Å². The van der Waals surface area contributed by atoms with Crippen molar-refractivity contribution in [3.8, 4) is 17.6 Å². The Bertz CT molecular complexity index is 1120. The molecule has 30 heavy (non-hydrogen) atoms. The fourth-order valence-corrected chi connectivity index (χ4v) is 3.58. The Morgan fingerprint density at radius 2 is 1.87 bits per heavy atom. The molecule has 0 radical (unpaired) electrons. The smallest absolute Gasteiger partial charge is 0.269 e. The third-order valence-corrected chi connectivity index (χ3v) is 5.10. The van der Waals surface area contributed by atoms with Crippen LogP contribution in [0.3, 0.4) is 0 Å². The number of nitro groups is 1. The van der Waals surface area contributed by atoms with Crippen LogP contribution in [0, 0.1) is 25.0 Å². The van der Waals surface area contributed by atoms with E-state index < -0.39 is 4.92 Å². The van der Waals surface area contributed by atoms with Gasteiger partial charge in [-0.1, -0.05) is 30.3 Å². The van der Waals surface area contributed by atoms with Gasteiger partial charge in [-0.3, -0.25) is 10.1 Å². The molecule has 0 unspecified atom stereocenters. The molecule has 7 heteroatoms. The van der Waals surface area contributed by atoms with Crippen LogP contribution in [0.5, 0.6) is 11.5 Å². The highest BCUT2D eigenvalue weighted by Gasteiger charge is 2.13. The summed E-state index contributed by atoms with van der Waals surface area (Å²) in [5.41, 5.74) is 3.05. The Labute approximate surface area is 187 Å². The summed E-state index contributed by atoms with van der Waals surface area (Å²) >= 11 is 2.16. The van der Waals surface area contributed by atoms with Crippen LogP contribution in [0.2, 0.25) is 0 Å². The lowest BCUT2D eigenvalue weighted by atomic mass is 10.0. The SMILES string of the molecule is COc1cc(/C=C(/C#N)c2ccccc2)cc(I)c1OCc1ccc([N+](=O)[O-])cc1. The van der Waals surface area contributed by atoms with Gasteiger partial charge in [0.2, 0.25) is 0 Å². The number of allylic oxidation sites excluding steroid dienone is 1. The highest BCUT2D eigenvalue weighted by atomic mass is 127. The molecule has 3 rings (SSSR count). The minimum Gasteiger partial charge on any atom is -0.493 e. The molecule has 0 bridgehead atoms. The molecule has 0 atom stereocenters. The van der Waals surface area contributed by atoms with Gasteiger partial charge in [0.25, 0.3) is 5.69 Å². The standard InChI is InChI=1S/C23H17IN2O4/c1-29-22-13-17(11-19(14-25)18-5-3-2-4-6-18)12-21(24)23(22)30-15-16-7-9-20(10-8-16)26(27)28/h2-13H,15H2,1H3/b19-11-. The minimum absolute atomic E-state index is 0.0359. The number of hydrogen-bond donors (Lipinski definition) is 0. The number of halogens is 1. The molecule has 0 aliphatic rings. The Morgan fingerprint density at radius 1 is 1.17 bits per heavy atom. The van der Waals surface area contributed by atoms with E-state index in [1.807, 2.05) is 42.5 Å². The molecule has 0 fully saturated rings.